The second-order valence-electron chi connectivity index (χ2n) is 19.5. The summed E-state index contributed by atoms with van der Waals surface area (Å²) in [5, 5.41) is 0. The van der Waals surface area contributed by atoms with Crippen LogP contribution in [-0.2, 0) is 0 Å². The number of benzene rings is 5. The summed E-state index contributed by atoms with van der Waals surface area (Å²) in [6.07, 6.45) is 10.6. The Labute approximate surface area is 424 Å². The Balaban J connectivity index is -0.000000124. The monoisotopic (exact) mass is 923 g/mol. The first-order valence-electron chi connectivity index (χ1n) is 26.4. The van der Waals surface area contributed by atoms with Gasteiger partial charge in [-0.15, -0.1) is 0 Å². The van der Waals surface area contributed by atoms with Crippen LogP contribution in [0.3, 0.4) is 0 Å². The first kappa shape index (κ1) is 77.3. The molecule has 0 N–H and O–H groups in total. The number of rotatable bonds is 7. The quantitative estimate of drug-likeness (QED) is 0.153. The Bertz CT molecular complexity index is 1550. The Morgan fingerprint density at radius 2 is 0.672 bits per heavy atom. The lowest BCUT2D eigenvalue weighted by atomic mass is 10.0. The largest absolute Gasteiger partial charge is 0.0776 e. The van der Waals surface area contributed by atoms with Gasteiger partial charge >= 0.3 is 0 Å². The molecule has 5 aromatic carbocycles. The predicted molar refractivity (Wildman–Crippen MR) is 320 cm³/mol. The van der Waals surface area contributed by atoms with E-state index in [1.54, 1.807) is 0 Å². The lowest BCUT2D eigenvalue weighted by Gasteiger charge is -2.05. The number of aryl methyl sites for hydroxylation is 3. The Morgan fingerprint density at radius 1 is 0.388 bits per heavy atom. The van der Waals surface area contributed by atoms with Crippen LogP contribution in [0, 0.1) is 43.9 Å². The fourth-order valence-corrected chi connectivity index (χ4v) is 3.86. The van der Waals surface area contributed by atoms with Crippen molar-refractivity contribution in [3.8, 4) is 22.3 Å². The molecule has 67 heavy (non-hydrogen) atoms. The minimum absolute atomic E-state index is 0. The van der Waals surface area contributed by atoms with Crippen molar-refractivity contribution in [2.75, 3.05) is 0 Å². The molecule has 0 aromatic heterocycles. The third kappa shape index (κ3) is 71.3. The zero-order valence-corrected chi connectivity index (χ0v) is 48.7. The van der Waals surface area contributed by atoms with Crippen LogP contribution in [0.25, 0.3) is 22.3 Å². The van der Waals surface area contributed by atoms with Gasteiger partial charge in [0.2, 0.25) is 0 Å². The van der Waals surface area contributed by atoms with Crippen molar-refractivity contribution in [2.45, 2.75) is 225 Å². The highest BCUT2D eigenvalue weighted by atomic mass is 14.0. The van der Waals surface area contributed by atoms with Gasteiger partial charge in [-0.1, -0.05) is 355 Å². The van der Waals surface area contributed by atoms with Gasteiger partial charge in [0.15, 0.2) is 0 Å². The normalized spacial score (nSPS) is 9.06. The van der Waals surface area contributed by atoms with Gasteiger partial charge < -0.3 is 0 Å². The molecular formula is C67H118. The van der Waals surface area contributed by atoms with Crippen LogP contribution < -0.4 is 0 Å². The van der Waals surface area contributed by atoms with E-state index in [-0.39, 0.29) is 7.43 Å². The first-order valence-corrected chi connectivity index (χ1v) is 26.4. The molecule has 0 amide bonds. The maximum absolute atomic E-state index is 2.22. The average molecular weight is 924 g/mol. The number of hydrogen-bond donors (Lipinski definition) is 0. The minimum atomic E-state index is 0. The molecule has 0 unspecified atom stereocenters. The van der Waals surface area contributed by atoms with Crippen molar-refractivity contribution in [1.29, 1.82) is 0 Å². The molecule has 0 saturated heterocycles. The topological polar surface area (TPSA) is 0 Å². The molecule has 0 spiro atoms. The molecular weight excluding hydrogens is 805 g/mol. The Hall–Kier alpha value is -3.90. The van der Waals surface area contributed by atoms with E-state index in [0.29, 0.717) is 5.41 Å². The molecule has 0 heterocycles. The molecule has 0 aliphatic carbocycles. The highest BCUT2D eigenvalue weighted by Gasteiger charge is 1.98. The van der Waals surface area contributed by atoms with Gasteiger partial charge in [0.25, 0.3) is 0 Å². The smallest absolute Gasteiger partial charge is 0.0155 e. The summed E-state index contributed by atoms with van der Waals surface area (Å²) in [6, 6.07) is 48.2. The van der Waals surface area contributed by atoms with E-state index >= 15 is 0 Å². The van der Waals surface area contributed by atoms with Crippen LogP contribution >= 0.6 is 0 Å². The third-order valence-electron chi connectivity index (χ3n) is 8.14. The van der Waals surface area contributed by atoms with Crippen LogP contribution in [0.4, 0.5) is 0 Å². The molecule has 0 aliphatic rings. The summed E-state index contributed by atoms with van der Waals surface area (Å²) in [5.74, 6) is 2.60. The van der Waals surface area contributed by atoms with Gasteiger partial charge in [-0.05, 0) is 71.8 Å². The predicted octanol–water partition coefficient (Wildman–Crippen LogP) is 24.2. The van der Waals surface area contributed by atoms with E-state index in [4.69, 9.17) is 0 Å². The van der Waals surface area contributed by atoms with Crippen LogP contribution in [0.1, 0.15) is 221 Å². The average Bonchev–Trinajstić information content (AvgIpc) is 3.29. The summed E-state index contributed by atoms with van der Waals surface area (Å²) in [4.78, 5) is 0. The Kier molecular flexibility index (Phi) is 67.2. The fourth-order valence-electron chi connectivity index (χ4n) is 3.86. The SMILES string of the molecule is C.CC.CC(C)(C)C.CC(C)C.CCC.CCC(C)C.CCC(C)C.CCCC.CCCCC.Cc1cccc(-c2ccccc2)c1.Cc1ccccc1.Cc1ccccc1-c1ccccc1. The molecule has 386 valence electrons. The van der Waals surface area contributed by atoms with Crippen molar-refractivity contribution in [1.82, 2.24) is 0 Å². The molecule has 0 nitrogen and oxygen atoms in total. The third-order valence-corrected chi connectivity index (χ3v) is 8.14. The molecule has 0 aliphatic heterocycles. The van der Waals surface area contributed by atoms with Gasteiger partial charge in [-0.2, -0.15) is 0 Å². The van der Waals surface area contributed by atoms with E-state index in [2.05, 4.69) is 262 Å². The van der Waals surface area contributed by atoms with E-state index in [1.807, 2.05) is 44.2 Å². The summed E-state index contributed by atoms with van der Waals surface area (Å²) in [7, 11) is 0. The Morgan fingerprint density at radius 3 is 0.925 bits per heavy atom. The highest BCUT2D eigenvalue weighted by molar-refractivity contribution is 5.66. The molecule has 0 fully saturated rings. The fraction of sp³-hybridized carbons (Fsp3) is 0.552. The van der Waals surface area contributed by atoms with Gasteiger partial charge in [-0.25, -0.2) is 0 Å². The summed E-state index contributed by atoms with van der Waals surface area (Å²) in [5.41, 5.74) is 9.65. The molecule has 0 bridgehead atoms. The van der Waals surface area contributed by atoms with E-state index in [0.717, 1.165) is 17.8 Å². The minimum Gasteiger partial charge on any atom is -0.0776 e. The maximum atomic E-state index is 2.22. The molecule has 0 atom stereocenters. The van der Waals surface area contributed by atoms with Crippen LogP contribution in [-0.4, -0.2) is 0 Å². The van der Waals surface area contributed by atoms with E-state index in [9.17, 15) is 0 Å². The van der Waals surface area contributed by atoms with Gasteiger partial charge in [0.1, 0.15) is 0 Å². The molecule has 0 radical (unpaired) electrons. The second kappa shape index (κ2) is 58.2. The lowest BCUT2D eigenvalue weighted by Crippen LogP contribution is -1.93. The van der Waals surface area contributed by atoms with Crippen LogP contribution in [0.15, 0.2) is 140 Å². The molecule has 0 saturated carbocycles. The van der Waals surface area contributed by atoms with Crippen LogP contribution in [0.5, 0.6) is 0 Å². The van der Waals surface area contributed by atoms with E-state index in [1.165, 1.54) is 90.3 Å². The summed E-state index contributed by atoms with van der Waals surface area (Å²) in [6.45, 7) is 51.9. The van der Waals surface area contributed by atoms with Crippen LogP contribution in [0.2, 0.25) is 0 Å². The van der Waals surface area contributed by atoms with Crippen molar-refractivity contribution >= 4 is 0 Å². The van der Waals surface area contributed by atoms with E-state index < -0.39 is 0 Å². The molecule has 0 heteroatoms. The zero-order valence-electron chi connectivity index (χ0n) is 48.7. The van der Waals surface area contributed by atoms with Crippen molar-refractivity contribution in [3.05, 3.63) is 156 Å². The highest BCUT2D eigenvalue weighted by Crippen LogP contribution is 2.22. The molecule has 5 rings (SSSR count). The first-order chi connectivity index (χ1) is 31.1. The van der Waals surface area contributed by atoms with Gasteiger partial charge in [0, 0.05) is 0 Å². The van der Waals surface area contributed by atoms with Crippen molar-refractivity contribution in [2.24, 2.45) is 23.2 Å². The summed E-state index contributed by atoms with van der Waals surface area (Å²) < 4.78 is 0. The van der Waals surface area contributed by atoms with Gasteiger partial charge in [0.05, 0.1) is 0 Å². The maximum Gasteiger partial charge on any atom is -0.0155 e. The number of unbranched alkanes of at least 4 members (excludes halogenated alkanes) is 3. The molecule has 5 aromatic rings. The standard InChI is InChI=1S/2C13H12.C7H8.4C5H12.2C4H10.C3H8.C2H6.CH4/c1-11-7-5-6-10-13(11)12-8-3-2-4-9-12;1-11-6-5-9-13(10-11)12-7-3-2-4-8-12;1-7-5-3-2-4-6-7;1-5(2,3)4;2*1-4-5(2)3;1-3-5-4-2;1-4(2)3;1-3-4-2;1-3-2;1-2;/h2*2-10H,1H3;2-6H,1H3;1-4H3;2*5H,4H2,1-3H3;3-5H2,1-2H3;4H,1-3H3;3-4H2,1-2H3;3H2,1-2H3;1-2H3;1H4. The summed E-state index contributed by atoms with van der Waals surface area (Å²) >= 11 is 0. The van der Waals surface area contributed by atoms with Crippen molar-refractivity contribution in [3.63, 3.8) is 0 Å². The lowest BCUT2D eigenvalue weighted by molar-refractivity contribution is 0.469. The second-order valence-corrected chi connectivity index (χ2v) is 19.5. The zero-order chi connectivity index (χ0) is 52.2. The number of hydrogen-bond acceptors (Lipinski definition) is 0. The van der Waals surface area contributed by atoms with Gasteiger partial charge in [-0.3, -0.25) is 0 Å². The van der Waals surface area contributed by atoms with Crippen molar-refractivity contribution < 1.29 is 0 Å².